The summed E-state index contributed by atoms with van der Waals surface area (Å²) in [5.74, 6) is -0.342. The minimum Gasteiger partial charge on any atom is -0.444 e. The number of aliphatic imine (C=N–C) groups is 1. The van der Waals surface area contributed by atoms with Crippen LogP contribution in [0.4, 0.5) is 21.9 Å². The molecule has 3 amide bonds. The molecule has 2 atom stereocenters. The van der Waals surface area contributed by atoms with Crippen molar-refractivity contribution in [3.8, 4) is 6.07 Å². The number of nitrogens with one attached hydrogen (secondary N) is 5. The van der Waals surface area contributed by atoms with E-state index in [9.17, 15) is 14.4 Å². The van der Waals surface area contributed by atoms with Crippen molar-refractivity contribution >= 4 is 40.9 Å². The quantitative estimate of drug-likeness (QED) is 0.301. The summed E-state index contributed by atoms with van der Waals surface area (Å²) >= 11 is 0. The maximum Gasteiger partial charge on any atom is 0.410 e. The zero-order chi connectivity index (χ0) is 30.9. The second kappa shape index (κ2) is 14.1. The fourth-order valence-electron chi connectivity index (χ4n) is 3.71. The SMILES string of the molecule is CCCNC1N=C(Nc2ccc(C#N)cc2)NC=C1C(=O)Nc1cccc(NC(=O)[C@H](C)N(C)C(=O)OC(C)(C)C)c1. The molecule has 12 nitrogen and oxygen atoms in total. The van der Waals surface area contributed by atoms with E-state index >= 15 is 0 Å². The molecule has 2 aromatic carbocycles. The molecule has 0 fully saturated rings. The van der Waals surface area contributed by atoms with Gasteiger partial charge in [-0.2, -0.15) is 5.26 Å². The maximum atomic E-state index is 13.3. The predicted octanol–water partition coefficient (Wildman–Crippen LogP) is 3.97. The molecule has 42 heavy (non-hydrogen) atoms. The molecule has 2 aromatic rings. The zero-order valence-corrected chi connectivity index (χ0v) is 24.7. The third-order valence-electron chi connectivity index (χ3n) is 6.07. The van der Waals surface area contributed by atoms with Gasteiger partial charge in [0, 0.05) is 30.3 Å². The first kappa shape index (κ1) is 31.6. The average molecular weight is 575 g/mol. The number of benzene rings is 2. The topological polar surface area (TPSA) is 160 Å². The highest BCUT2D eigenvalue weighted by atomic mass is 16.6. The highest BCUT2D eigenvalue weighted by Crippen LogP contribution is 2.19. The second-order valence-electron chi connectivity index (χ2n) is 10.7. The van der Waals surface area contributed by atoms with Crippen LogP contribution in [0.3, 0.4) is 0 Å². The van der Waals surface area contributed by atoms with Crippen LogP contribution >= 0.6 is 0 Å². The van der Waals surface area contributed by atoms with Gasteiger partial charge in [0.05, 0.1) is 17.2 Å². The third-order valence-corrected chi connectivity index (χ3v) is 6.07. The normalized spacial score (nSPS) is 15.1. The Balaban J connectivity index is 1.65. The fraction of sp³-hybridized carbons (Fsp3) is 0.367. The van der Waals surface area contributed by atoms with Gasteiger partial charge in [0.2, 0.25) is 11.9 Å². The summed E-state index contributed by atoms with van der Waals surface area (Å²) in [5, 5.41) is 24.1. The minimum atomic E-state index is -0.799. The lowest BCUT2D eigenvalue weighted by atomic mass is 10.1. The molecule has 1 aliphatic heterocycles. The number of nitrogens with zero attached hydrogens (tertiary/aromatic N) is 3. The predicted molar refractivity (Wildman–Crippen MR) is 163 cm³/mol. The summed E-state index contributed by atoms with van der Waals surface area (Å²) in [7, 11) is 1.50. The first-order chi connectivity index (χ1) is 19.9. The zero-order valence-electron chi connectivity index (χ0n) is 24.7. The highest BCUT2D eigenvalue weighted by molar-refractivity contribution is 6.07. The largest absolute Gasteiger partial charge is 0.444 e. The molecule has 0 aliphatic carbocycles. The van der Waals surface area contributed by atoms with E-state index in [1.165, 1.54) is 11.9 Å². The number of likely N-dealkylation sites (N-methyl/N-ethyl adjacent to an activating group) is 1. The van der Waals surface area contributed by atoms with Crippen LogP contribution in [0.15, 0.2) is 65.3 Å². The Kier molecular flexibility index (Phi) is 10.6. The lowest BCUT2D eigenvalue weighted by molar-refractivity contribution is -0.120. The number of rotatable bonds is 9. The molecule has 0 bridgehead atoms. The van der Waals surface area contributed by atoms with Crippen LogP contribution in [0.1, 0.15) is 46.6 Å². The molecule has 222 valence electrons. The van der Waals surface area contributed by atoms with Crippen LogP contribution in [-0.2, 0) is 14.3 Å². The van der Waals surface area contributed by atoms with Crippen molar-refractivity contribution in [1.29, 1.82) is 5.26 Å². The van der Waals surface area contributed by atoms with Gasteiger partial charge in [-0.1, -0.05) is 13.0 Å². The summed E-state index contributed by atoms with van der Waals surface area (Å²) in [4.78, 5) is 44.3. The van der Waals surface area contributed by atoms with Gasteiger partial charge in [-0.15, -0.1) is 0 Å². The number of carbonyl (C=O) groups excluding carboxylic acids is 3. The Morgan fingerprint density at radius 3 is 2.38 bits per heavy atom. The number of anilines is 3. The Morgan fingerprint density at radius 2 is 1.76 bits per heavy atom. The average Bonchev–Trinajstić information content (AvgIpc) is 2.95. The molecule has 5 N–H and O–H groups in total. The Hall–Kier alpha value is -4.89. The van der Waals surface area contributed by atoms with Gasteiger partial charge >= 0.3 is 6.09 Å². The smallest absolute Gasteiger partial charge is 0.410 e. The molecule has 1 unspecified atom stereocenters. The van der Waals surface area contributed by atoms with E-state index in [1.54, 1.807) is 82.4 Å². The molecular weight excluding hydrogens is 536 g/mol. The molecule has 0 radical (unpaired) electrons. The standard InChI is InChI=1S/C30H38N8O4/c1-7-15-32-25-24(18-33-28(37-25)36-21-13-11-20(17-31)12-14-21)27(40)35-23-10-8-9-22(16-23)34-26(39)19(2)38(6)29(41)42-30(3,4)5/h8-14,16,18-19,25,32H,7,15H2,1-6H3,(H,34,39)(H,35,40)(H2,33,36,37)/t19-,25?/m0/s1. The molecule has 0 saturated heterocycles. The van der Waals surface area contributed by atoms with Crippen LogP contribution in [0, 0.1) is 11.3 Å². The van der Waals surface area contributed by atoms with E-state index in [2.05, 4.69) is 37.6 Å². The van der Waals surface area contributed by atoms with Crippen molar-refractivity contribution in [3.05, 3.63) is 65.9 Å². The molecule has 0 aromatic heterocycles. The lowest BCUT2D eigenvalue weighted by Gasteiger charge is -2.28. The number of nitriles is 1. The summed E-state index contributed by atoms with van der Waals surface area (Å²) in [6, 6.07) is 14.9. The van der Waals surface area contributed by atoms with Crippen molar-refractivity contribution < 1.29 is 19.1 Å². The number of hydrogen-bond acceptors (Lipinski definition) is 9. The van der Waals surface area contributed by atoms with Gasteiger partial charge in [0.15, 0.2) is 0 Å². The maximum absolute atomic E-state index is 13.3. The van der Waals surface area contributed by atoms with Crippen molar-refractivity contribution in [3.63, 3.8) is 0 Å². The van der Waals surface area contributed by atoms with E-state index in [0.717, 1.165) is 12.1 Å². The number of carbonyl (C=O) groups is 3. The number of hydrogen-bond donors (Lipinski definition) is 5. The molecule has 3 rings (SSSR count). The highest BCUT2D eigenvalue weighted by Gasteiger charge is 2.27. The van der Waals surface area contributed by atoms with E-state index in [1.807, 2.05) is 6.92 Å². The van der Waals surface area contributed by atoms with Gasteiger partial charge in [-0.3, -0.25) is 19.8 Å². The molecule has 1 heterocycles. The van der Waals surface area contributed by atoms with Crippen molar-refractivity contribution in [2.45, 2.75) is 58.8 Å². The van der Waals surface area contributed by atoms with Gasteiger partial charge < -0.3 is 26.0 Å². The number of guanidine groups is 1. The van der Waals surface area contributed by atoms with E-state index in [0.29, 0.717) is 35.0 Å². The Labute approximate surface area is 246 Å². The minimum absolute atomic E-state index is 0.371. The Morgan fingerprint density at radius 1 is 1.10 bits per heavy atom. The van der Waals surface area contributed by atoms with Crippen molar-refractivity contribution in [2.24, 2.45) is 4.99 Å². The van der Waals surface area contributed by atoms with E-state index < -0.39 is 29.8 Å². The number of ether oxygens (including phenoxy) is 1. The first-order valence-electron chi connectivity index (χ1n) is 13.6. The molecule has 0 saturated carbocycles. The lowest BCUT2D eigenvalue weighted by Crippen LogP contribution is -2.45. The van der Waals surface area contributed by atoms with Gasteiger partial charge in [0.1, 0.15) is 17.8 Å². The second-order valence-corrected chi connectivity index (χ2v) is 10.7. The third kappa shape index (κ3) is 9.07. The van der Waals surface area contributed by atoms with Crippen LogP contribution < -0.4 is 26.6 Å². The van der Waals surface area contributed by atoms with Gasteiger partial charge in [-0.05, 0) is 83.1 Å². The Bertz CT molecular complexity index is 1390. The van der Waals surface area contributed by atoms with Crippen LogP contribution in [0.25, 0.3) is 0 Å². The fourth-order valence-corrected chi connectivity index (χ4v) is 3.71. The summed E-state index contributed by atoms with van der Waals surface area (Å²) in [6.07, 6.45) is 1.21. The molecule has 0 spiro atoms. The van der Waals surface area contributed by atoms with Crippen molar-refractivity contribution in [2.75, 3.05) is 29.5 Å². The summed E-state index contributed by atoms with van der Waals surface area (Å²) in [6.45, 7) is 9.52. The summed E-state index contributed by atoms with van der Waals surface area (Å²) < 4.78 is 5.34. The van der Waals surface area contributed by atoms with E-state index in [-0.39, 0.29) is 5.91 Å². The molecule has 12 heteroatoms. The monoisotopic (exact) mass is 574 g/mol. The van der Waals surface area contributed by atoms with E-state index in [4.69, 9.17) is 10.00 Å². The first-order valence-corrected chi connectivity index (χ1v) is 13.6. The van der Waals surface area contributed by atoms with Gasteiger partial charge in [-0.25, -0.2) is 9.79 Å². The summed E-state index contributed by atoms with van der Waals surface area (Å²) in [5.41, 5.74) is 1.89. The van der Waals surface area contributed by atoms with Crippen LogP contribution in [-0.4, -0.2) is 60.2 Å². The number of amides is 3. The molecular formula is C30H38N8O4. The van der Waals surface area contributed by atoms with Crippen molar-refractivity contribution in [1.82, 2.24) is 15.5 Å². The van der Waals surface area contributed by atoms with Crippen LogP contribution in [0.2, 0.25) is 0 Å². The molecule has 1 aliphatic rings. The van der Waals surface area contributed by atoms with Gasteiger partial charge in [0.25, 0.3) is 5.91 Å². The van der Waals surface area contributed by atoms with Crippen LogP contribution in [0.5, 0.6) is 0 Å².